The van der Waals surface area contributed by atoms with Gasteiger partial charge in [0.1, 0.15) is 0 Å². The molecule has 3 heteroatoms. The van der Waals surface area contributed by atoms with Crippen LogP contribution in [0.4, 0.5) is 5.69 Å². The summed E-state index contributed by atoms with van der Waals surface area (Å²) in [5.41, 5.74) is 3.76. The average molecular weight is 339 g/mol. The lowest BCUT2D eigenvalue weighted by molar-refractivity contribution is 0.740. The Morgan fingerprint density at radius 2 is 1.63 bits per heavy atom. The quantitative estimate of drug-likeness (QED) is 0.672. The van der Waals surface area contributed by atoms with Crippen LogP contribution >= 0.6 is 27.5 Å². The first-order valence-corrected chi connectivity index (χ1v) is 7.75. The second-order valence-electron chi connectivity index (χ2n) is 4.64. The van der Waals surface area contributed by atoms with Crippen molar-refractivity contribution in [1.82, 2.24) is 0 Å². The molecule has 19 heavy (non-hydrogen) atoms. The molecule has 0 saturated carbocycles. The zero-order chi connectivity index (χ0) is 13.8. The van der Waals surface area contributed by atoms with Gasteiger partial charge in [0.25, 0.3) is 0 Å². The smallest absolute Gasteiger partial charge is 0.0511 e. The van der Waals surface area contributed by atoms with Crippen LogP contribution in [0.2, 0.25) is 5.02 Å². The summed E-state index contributed by atoms with van der Waals surface area (Å²) in [5.74, 6) is 0. The number of anilines is 1. The molecule has 100 valence electrons. The number of halogens is 2. The van der Waals surface area contributed by atoms with Crippen LogP contribution in [0.5, 0.6) is 0 Å². The third kappa shape index (κ3) is 3.52. The van der Waals surface area contributed by atoms with Crippen molar-refractivity contribution in [2.75, 3.05) is 11.9 Å². The van der Waals surface area contributed by atoms with Gasteiger partial charge >= 0.3 is 0 Å². The van der Waals surface area contributed by atoms with Gasteiger partial charge in [-0.25, -0.2) is 0 Å². The van der Waals surface area contributed by atoms with Gasteiger partial charge in [0, 0.05) is 23.1 Å². The van der Waals surface area contributed by atoms with Gasteiger partial charge < -0.3 is 4.90 Å². The summed E-state index contributed by atoms with van der Waals surface area (Å²) in [7, 11) is 2.11. The minimum Gasteiger partial charge on any atom is -0.368 e. The first kappa shape index (κ1) is 14.4. The molecule has 1 unspecified atom stereocenters. The van der Waals surface area contributed by atoms with Crippen molar-refractivity contribution in [3.05, 3.63) is 64.7 Å². The predicted octanol–water partition coefficient (Wildman–Crippen LogP) is 5.43. The van der Waals surface area contributed by atoms with E-state index in [0.29, 0.717) is 6.04 Å². The highest BCUT2D eigenvalue weighted by molar-refractivity contribution is 9.08. The zero-order valence-electron chi connectivity index (χ0n) is 11.1. The number of hydrogen-bond acceptors (Lipinski definition) is 1. The summed E-state index contributed by atoms with van der Waals surface area (Å²) in [4.78, 5) is 2.27. The van der Waals surface area contributed by atoms with Gasteiger partial charge in [-0.15, -0.1) is 0 Å². The summed E-state index contributed by atoms with van der Waals surface area (Å²) in [6.07, 6.45) is 0. The lowest BCUT2D eigenvalue weighted by Crippen LogP contribution is -2.21. The molecule has 0 heterocycles. The average Bonchev–Trinajstić information content (AvgIpc) is 2.46. The molecular weight excluding hydrogens is 322 g/mol. The number of rotatable bonds is 4. The number of benzene rings is 2. The first-order valence-electron chi connectivity index (χ1n) is 6.25. The summed E-state index contributed by atoms with van der Waals surface area (Å²) >= 11 is 9.39. The molecule has 0 bridgehead atoms. The number of hydrogen-bond donors (Lipinski definition) is 0. The largest absolute Gasteiger partial charge is 0.368 e. The Balaban J connectivity index is 2.17. The van der Waals surface area contributed by atoms with Gasteiger partial charge in [-0.3, -0.25) is 0 Å². The lowest BCUT2D eigenvalue weighted by Gasteiger charge is -2.27. The fourth-order valence-electron chi connectivity index (χ4n) is 2.01. The Labute approximate surface area is 128 Å². The van der Waals surface area contributed by atoms with Crippen LogP contribution < -0.4 is 4.90 Å². The van der Waals surface area contributed by atoms with Gasteiger partial charge in [0.15, 0.2) is 0 Å². The Hall–Kier alpha value is -0.990. The van der Waals surface area contributed by atoms with Crippen molar-refractivity contribution < 1.29 is 0 Å². The van der Waals surface area contributed by atoms with Gasteiger partial charge in [-0.2, -0.15) is 0 Å². The highest BCUT2D eigenvalue weighted by Crippen LogP contribution is 2.26. The number of alkyl halides is 1. The minimum absolute atomic E-state index is 0.312. The third-order valence-electron chi connectivity index (χ3n) is 3.43. The standard InChI is InChI=1S/C16H17BrClN/c1-12(14-5-7-15(18)8-6-14)19(2)16-9-3-13(11-17)4-10-16/h3-10,12H,11H2,1-2H3. The SMILES string of the molecule is CC(c1ccc(Cl)cc1)N(C)c1ccc(CBr)cc1. The van der Waals surface area contributed by atoms with Crippen LogP contribution in [0.25, 0.3) is 0 Å². The molecule has 2 aromatic rings. The van der Waals surface area contributed by atoms with Crippen molar-refractivity contribution in [3.8, 4) is 0 Å². The summed E-state index contributed by atoms with van der Waals surface area (Å²) in [6.45, 7) is 2.20. The second-order valence-corrected chi connectivity index (χ2v) is 5.64. The zero-order valence-corrected chi connectivity index (χ0v) is 13.4. The molecule has 0 saturated heterocycles. The molecule has 0 aliphatic heterocycles. The van der Waals surface area contributed by atoms with Crippen molar-refractivity contribution in [3.63, 3.8) is 0 Å². The highest BCUT2D eigenvalue weighted by atomic mass is 79.9. The molecule has 0 fully saturated rings. The van der Waals surface area contributed by atoms with E-state index in [1.54, 1.807) is 0 Å². The van der Waals surface area contributed by atoms with Crippen molar-refractivity contribution in [2.45, 2.75) is 18.3 Å². The van der Waals surface area contributed by atoms with Crippen LogP contribution in [0.3, 0.4) is 0 Å². The predicted molar refractivity (Wildman–Crippen MR) is 87.3 cm³/mol. The molecule has 2 aromatic carbocycles. The molecule has 1 nitrogen and oxygen atoms in total. The maximum Gasteiger partial charge on any atom is 0.0511 e. The third-order valence-corrected chi connectivity index (χ3v) is 4.33. The molecule has 0 aromatic heterocycles. The molecule has 0 aliphatic rings. The molecule has 0 aliphatic carbocycles. The van der Waals surface area contributed by atoms with E-state index in [0.717, 1.165) is 10.4 Å². The fraction of sp³-hybridized carbons (Fsp3) is 0.250. The minimum atomic E-state index is 0.312. The van der Waals surface area contributed by atoms with E-state index >= 15 is 0 Å². The van der Waals surface area contributed by atoms with E-state index in [2.05, 4.69) is 71.2 Å². The summed E-state index contributed by atoms with van der Waals surface area (Å²) < 4.78 is 0. The molecule has 0 spiro atoms. The van der Waals surface area contributed by atoms with Crippen LogP contribution in [0.15, 0.2) is 48.5 Å². The maximum absolute atomic E-state index is 5.93. The van der Waals surface area contributed by atoms with E-state index in [1.807, 2.05) is 12.1 Å². The Bertz CT molecular complexity index is 521. The van der Waals surface area contributed by atoms with E-state index in [9.17, 15) is 0 Å². The molecule has 0 amide bonds. The summed E-state index contributed by atoms with van der Waals surface area (Å²) in [5, 5.41) is 1.67. The Morgan fingerprint density at radius 3 is 2.16 bits per heavy atom. The summed E-state index contributed by atoms with van der Waals surface area (Å²) in [6, 6.07) is 17.0. The van der Waals surface area contributed by atoms with Crippen LogP contribution in [-0.4, -0.2) is 7.05 Å². The van der Waals surface area contributed by atoms with E-state index in [1.165, 1.54) is 16.8 Å². The Kier molecular flexibility index (Phi) is 4.89. The van der Waals surface area contributed by atoms with Crippen molar-refractivity contribution >= 4 is 33.2 Å². The van der Waals surface area contributed by atoms with Gasteiger partial charge in [0.2, 0.25) is 0 Å². The van der Waals surface area contributed by atoms with E-state index < -0.39 is 0 Å². The lowest BCUT2D eigenvalue weighted by atomic mass is 10.1. The number of nitrogens with zero attached hydrogens (tertiary/aromatic N) is 1. The first-order chi connectivity index (χ1) is 9.11. The van der Waals surface area contributed by atoms with Gasteiger partial charge in [0.05, 0.1) is 6.04 Å². The molecule has 0 N–H and O–H groups in total. The van der Waals surface area contributed by atoms with Crippen LogP contribution in [-0.2, 0) is 5.33 Å². The second kappa shape index (κ2) is 6.44. The fourth-order valence-corrected chi connectivity index (χ4v) is 2.51. The monoisotopic (exact) mass is 337 g/mol. The van der Waals surface area contributed by atoms with Crippen LogP contribution in [0.1, 0.15) is 24.1 Å². The molecule has 1 atom stereocenters. The van der Waals surface area contributed by atoms with E-state index in [4.69, 9.17) is 11.6 Å². The molecule has 0 radical (unpaired) electrons. The Morgan fingerprint density at radius 1 is 1.05 bits per heavy atom. The van der Waals surface area contributed by atoms with Crippen molar-refractivity contribution in [1.29, 1.82) is 0 Å². The highest BCUT2D eigenvalue weighted by Gasteiger charge is 2.12. The molecular formula is C16H17BrClN. The maximum atomic E-state index is 5.93. The van der Waals surface area contributed by atoms with Gasteiger partial charge in [-0.1, -0.05) is 51.8 Å². The van der Waals surface area contributed by atoms with Crippen LogP contribution in [0, 0.1) is 0 Å². The topological polar surface area (TPSA) is 3.24 Å². The van der Waals surface area contributed by atoms with Crippen molar-refractivity contribution in [2.24, 2.45) is 0 Å². The van der Waals surface area contributed by atoms with Gasteiger partial charge in [-0.05, 0) is 42.3 Å². The van der Waals surface area contributed by atoms with E-state index in [-0.39, 0.29) is 0 Å². The normalized spacial score (nSPS) is 12.2. The molecule has 2 rings (SSSR count).